The topological polar surface area (TPSA) is 54.9 Å². The van der Waals surface area contributed by atoms with Crippen LogP contribution in [0.4, 0.5) is 13.2 Å². The lowest BCUT2D eigenvalue weighted by atomic mass is 10.2. The van der Waals surface area contributed by atoms with Crippen LogP contribution in [-0.2, 0) is 4.79 Å². The Balaban J connectivity index is 2.03. The van der Waals surface area contributed by atoms with Crippen molar-refractivity contribution in [1.82, 2.24) is 15.3 Å². The molecule has 2 rings (SSSR count). The van der Waals surface area contributed by atoms with E-state index in [2.05, 4.69) is 15.3 Å². The van der Waals surface area contributed by atoms with Gasteiger partial charge in [0.2, 0.25) is 5.91 Å². The molecule has 0 saturated heterocycles. The van der Waals surface area contributed by atoms with Crippen LogP contribution in [-0.4, -0.2) is 22.1 Å². The van der Waals surface area contributed by atoms with Crippen LogP contribution in [0.15, 0.2) is 29.9 Å². The molecule has 0 fully saturated rings. The third-order valence-corrected chi connectivity index (χ3v) is 3.63. The van der Waals surface area contributed by atoms with Gasteiger partial charge in [-0.2, -0.15) is 13.2 Å². The fraction of sp³-hybridized carbons (Fsp3) is 0.308. The minimum Gasteiger partial charge on any atom is -0.347 e. The average Bonchev–Trinajstić information content (AvgIpc) is 2.87. The van der Waals surface area contributed by atoms with Gasteiger partial charge >= 0.3 is 6.18 Å². The second-order valence-electron chi connectivity index (χ2n) is 4.39. The molecule has 4 nitrogen and oxygen atoms in total. The number of aromatic nitrogens is 2. The maximum absolute atomic E-state index is 12.1. The summed E-state index contributed by atoms with van der Waals surface area (Å²) in [5.41, 5.74) is 1.57. The van der Waals surface area contributed by atoms with Gasteiger partial charge in [0.15, 0.2) is 0 Å². The van der Waals surface area contributed by atoms with Crippen LogP contribution in [0.1, 0.15) is 24.4 Å². The molecule has 0 aromatic carbocycles. The maximum Gasteiger partial charge on any atom is 0.397 e. The van der Waals surface area contributed by atoms with E-state index in [9.17, 15) is 18.0 Å². The van der Waals surface area contributed by atoms with Gasteiger partial charge in [-0.15, -0.1) is 11.3 Å². The van der Waals surface area contributed by atoms with Gasteiger partial charge in [0.1, 0.15) is 11.4 Å². The van der Waals surface area contributed by atoms with Crippen molar-refractivity contribution in [2.24, 2.45) is 0 Å². The first kappa shape index (κ1) is 15.4. The van der Waals surface area contributed by atoms with Gasteiger partial charge < -0.3 is 5.32 Å². The number of carbonyl (C=O) groups excluding carboxylic acids is 1. The standard InChI is InChI=1S/C13H12F3N3OS/c1-8(18-11(20)6-13(14,15)16)12-19-10(7-21-12)9-2-4-17-5-3-9/h2-5,7-8H,6H2,1H3,(H,18,20). The van der Waals surface area contributed by atoms with Crippen LogP contribution < -0.4 is 5.32 Å². The summed E-state index contributed by atoms with van der Waals surface area (Å²) >= 11 is 1.28. The number of rotatable bonds is 4. The first-order valence-electron chi connectivity index (χ1n) is 6.07. The fourth-order valence-electron chi connectivity index (χ4n) is 1.68. The van der Waals surface area contributed by atoms with Gasteiger partial charge in [-0.05, 0) is 19.1 Å². The second kappa shape index (κ2) is 6.21. The molecule has 0 aliphatic carbocycles. The first-order valence-corrected chi connectivity index (χ1v) is 6.95. The molecule has 0 radical (unpaired) electrons. The molecule has 112 valence electrons. The van der Waals surface area contributed by atoms with E-state index in [-0.39, 0.29) is 0 Å². The highest BCUT2D eigenvalue weighted by molar-refractivity contribution is 7.10. The third-order valence-electron chi connectivity index (χ3n) is 2.61. The van der Waals surface area contributed by atoms with E-state index in [1.807, 2.05) is 0 Å². The highest BCUT2D eigenvalue weighted by Crippen LogP contribution is 2.25. The molecular weight excluding hydrogens is 303 g/mol. The van der Waals surface area contributed by atoms with Crippen molar-refractivity contribution in [1.29, 1.82) is 0 Å². The molecule has 21 heavy (non-hydrogen) atoms. The second-order valence-corrected chi connectivity index (χ2v) is 5.28. The van der Waals surface area contributed by atoms with E-state index in [4.69, 9.17) is 0 Å². The molecule has 1 unspecified atom stereocenters. The number of nitrogens with zero attached hydrogens (tertiary/aromatic N) is 2. The van der Waals surface area contributed by atoms with Crippen molar-refractivity contribution >= 4 is 17.2 Å². The smallest absolute Gasteiger partial charge is 0.347 e. The lowest BCUT2D eigenvalue weighted by Gasteiger charge is -2.12. The summed E-state index contributed by atoms with van der Waals surface area (Å²) in [7, 11) is 0. The Kier molecular flexibility index (Phi) is 4.56. The minimum atomic E-state index is -4.51. The van der Waals surface area contributed by atoms with Crippen LogP contribution in [0.5, 0.6) is 0 Å². The number of hydrogen-bond acceptors (Lipinski definition) is 4. The number of pyridine rings is 1. The Labute approximate surface area is 123 Å². The molecule has 0 spiro atoms. The van der Waals surface area contributed by atoms with E-state index in [1.54, 1.807) is 36.8 Å². The number of carbonyl (C=O) groups is 1. The van der Waals surface area contributed by atoms with Crippen LogP contribution in [0.3, 0.4) is 0 Å². The Bertz CT molecular complexity index is 613. The van der Waals surface area contributed by atoms with Crippen LogP contribution in [0.2, 0.25) is 0 Å². The van der Waals surface area contributed by atoms with Gasteiger partial charge in [-0.3, -0.25) is 9.78 Å². The zero-order chi connectivity index (χ0) is 15.5. The number of hydrogen-bond donors (Lipinski definition) is 1. The van der Waals surface area contributed by atoms with Crippen molar-refractivity contribution in [3.63, 3.8) is 0 Å². The Morgan fingerprint density at radius 2 is 2.05 bits per heavy atom. The molecule has 2 aromatic heterocycles. The summed E-state index contributed by atoms with van der Waals surface area (Å²) in [6.45, 7) is 1.60. The highest BCUT2D eigenvalue weighted by Gasteiger charge is 2.31. The minimum absolute atomic E-state index is 0.553. The molecular formula is C13H12F3N3OS. The zero-order valence-electron chi connectivity index (χ0n) is 11.0. The summed E-state index contributed by atoms with van der Waals surface area (Å²) in [4.78, 5) is 19.5. The van der Waals surface area contributed by atoms with E-state index >= 15 is 0 Å². The summed E-state index contributed by atoms with van der Waals surface area (Å²) in [5, 5.41) is 4.64. The molecule has 0 aliphatic rings. The molecule has 1 N–H and O–H groups in total. The van der Waals surface area contributed by atoms with Crippen molar-refractivity contribution < 1.29 is 18.0 Å². The monoisotopic (exact) mass is 315 g/mol. The molecule has 0 aliphatic heterocycles. The first-order chi connectivity index (χ1) is 9.85. The van der Waals surface area contributed by atoms with Gasteiger partial charge in [-0.25, -0.2) is 4.98 Å². The highest BCUT2D eigenvalue weighted by atomic mass is 32.1. The number of amides is 1. The Morgan fingerprint density at radius 3 is 2.67 bits per heavy atom. The predicted molar refractivity (Wildman–Crippen MR) is 72.6 cm³/mol. The summed E-state index contributed by atoms with van der Waals surface area (Å²) < 4.78 is 36.3. The molecule has 0 bridgehead atoms. The van der Waals surface area contributed by atoms with Gasteiger partial charge in [-0.1, -0.05) is 0 Å². The average molecular weight is 315 g/mol. The lowest BCUT2D eigenvalue weighted by molar-refractivity contribution is -0.154. The number of nitrogens with one attached hydrogen (secondary N) is 1. The van der Waals surface area contributed by atoms with Crippen LogP contribution in [0.25, 0.3) is 11.3 Å². The van der Waals surface area contributed by atoms with E-state index < -0.39 is 24.5 Å². The maximum atomic E-state index is 12.1. The molecule has 8 heteroatoms. The van der Waals surface area contributed by atoms with Gasteiger partial charge in [0.25, 0.3) is 0 Å². The summed E-state index contributed by atoms with van der Waals surface area (Å²) in [6, 6.07) is 3.00. The summed E-state index contributed by atoms with van der Waals surface area (Å²) in [6.07, 6.45) is -2.74. The molecule has 2 heterocycles. The predicted octanol–water partition coefficient (Wildman–Crippen LogP) is 3.33. The SMILES string of the molecule is CC(NC(=O)CC(F)(F)F)c1nc(-c2ccncc2)cs1. The van der Waals surface area contributed by atoms with E-state index in [0.29, 0.717) is 10.7 Å². The fourth-order valence-corrected chi connectivity index (χ4v) is 2.51. The zero-order valence-corrected chi connectivity index (χ0v) is 11.8. The van der Waals surface area contributed by atoms with E-state index in [0.717, 1.165) is 5.56 Å². The number of thiazole rings is 1. The third kappa shape index (κ3) is 4.52. The lowest BCUT2D eigenvalue weighted by Crippen LogP contribution is -2.30. The van der Waals surface area contributed by atoms with Crippen LogP contribution >= 0.6 is 11.3 Å². The quantitative estimate of drug-likeness (QED) is 0.941. The van der Waals surface area contributed by atoms with Gasteiger partial charge in [0, 0.05) is 23.3 Å². The molecule has 1 atom stereocenters. The van der Waals surface area contributed by atoms with Crippen molar-refractivity contribution in [3.8, 4) is 11.3 Å². The van der Waals surface area contributed by atoms with Crippen molar-refractivity contribution in [2.75, 3.05) is 0 Å². The van der Waals surface area contributed by atoms with Gasteiger partial charge in [0.05, 0.1) is 11.7 Å². The normalized spacial score (nSPS) is 13.0. The number of alkyl halides is 3. The molecule has 1 amide bonds. The Hall–Kier alpha value is -1.96. The largest absolute Gasteiger partial charge is 0.397 e. The van der Waals surface area contributed by atoms with Crippen molar-refractivity contribution in [3.05, 3.63) is 34.9 Å². The van der Waals surface area contributed by atoms with Crippen LogP contribution in [0, 0.1) is 0 Å². The van der Waals surface area contributed by atoms with E-state index in [1.165, 1.54) is 11.3 Å². The Morgan fingerprint density at radius 1 is 1.38 bits per heavy atom. The van der Waals surface area contributed by atoms with Crippen molar-refractivity contribution in [2.45, 2.75) is 25.6 Å². The number of halogens is 3. The molecule has 2 aromatic rings. The molecule has 0 saturated carbocycles. The summed E-state index contributed by atoms with van der Waals surface area (Å²) in [5.74, 6) is -1.06.